The zero-order chi connectivity index (χ0) is 24.8. The molecule has 5 N–H and O–H groups in total. The first-order valence-electron chi connectivity index (χ1n) is 10.1. The first-order valence-corrected chi connectivity index (χ1v) is 10.1. The average Bonchev–Trinajstić information content (AvgIpc) is 3.37. The molecule has 4 aromatic heterocycles. The van der Waals surface area contributed by atoms with Gasteiger partial charge >= 0.3 is 5.91 Å². The highest BCUT2D eigenvalue weighted by molar-refractivity contribution is 6.48. The smallest absolute Gasteiger partial charge is 0.318 e. The number of carbonyl (C=O) groups is 3. The van der Waals surface area contributed by atoms with Gasteiger partial charge in [-0.1, -0.05) is 6.07 Å². The van der Waals surface area contributed by atoms with Gasteiger partial charge in [0.1, 0.15) is 11.8 Å². The Labute approximate surface area is 196 Å². The highest BCUT2D eigenvalue weighted by Crippen LogP contribution is 2.09. The number of anilines is 1. The lowest BCUT2D eigenvalue weighted by Gasteiger charge is -2.01. The van der Waals surface area contributed by atoms with Gasteiger partial charge in [0.25, 0.3) is 0 Å². The molecular weight excluding hydrogens is 450 g/mol. The molecule has 2 amide bonds. The van der Waals surface area contributed by atoms with Crippen LogP contribution in [0, 0.1) is 0 Å². The molecule has 0 saturated carbocycles. The first kappa shape index (κ1) is 22.8. The number of imidazole rings is 1. The number of nitrogens with two attached hydrogens (primary N) is 2. The predicted molar refractivity (Wildman–Crippen MR) is 126 cm³/mol. The van der Waals surface area contributed by atoms with Crippen molar-refractivity contribution in [3.63, 3.8) is 0 Å². The summed E-state index contributed by atoms with van der Waals surface area (Å²) < 4.78 is 0. The average molecular weight is 467 g/mol. The van der Waals surface area contributed by atoms with Crippen LogP contribution in [0.15, 0.2) is 72.6 Å². The van der Waals surface area contributed by atoms with Crippen LogP contribution < -0.4 is 22.0 Å². The molecule has 1 aliphatic heterocycles. The number of nitrogens with one attached hydrogen (secondary N) is 1. The molecule has 5 aromatic rings. The fourth-order valence-corrected chi connectivity index (χ4v) is 3.05. The normalized spacial score (nSPS) is 11.8. The van der Waals surface area contributed by atoms with Gasteiger partial charge < -0.3 is 16.5 Å². The van der Waals surface area contributed by atoms with Crippen LogP contribution in [0.4, 0.5) is 5.82 Å². The number of carbonyl (C=O) groups excluding carboxylic acids is 3. The highest BCUT2D eigenvalue weighted by atomic mass is 16.2. The number of amides is 2. The second-order valence-corrected chi connectivity index (χ2v) is 6.97. The van der Waals surface area contributed by atoms with E-state index in [4.69, 9.17) is 11.5 Å². The van der Waals surface area contributed by atoms with Crippen LogP contribution >= 0.6 is 0 Å². The summed E-state index contributed by atoms with van der Waals surface area (Å²) in [4.78, 5) is 58.8. The number of primary amides is 1. The summed E-state index contributed by atoms with van der Waals surface area (Å²) in [6, 6.07) is 10.5. The predicted octanol–water partition coefficient (Wildman–Crippen LogP) is -0.140. The Morgan fingerprint density at radius 2 is 1.77 bits per heavy atom. The largest absolute Gasteiger partial charge is 0.382 e. The number of fused-ring (bicyclic) bond motifs is 4. The fourth-order valence-electron chi connectivity index (χ4n) is 3.05. The molecule has 12 heteroatoms. The molecule has 1 aliphatic rings. The number of pyridine rings is 2. The number of H-pyrrole nitrogens is 1. The summed E-state index contributed by atoms with van der Waals surface area (Å²) in [6.45, 7) is 0. The minimum absolute atomic E-state index is 0.433. The van der Waals surface area contributed by atoms with Gasteiger partial charge in [-0.3, -0.25) is 24.4 Å². The van der Waals surface area contributed by atoms with Crippen LogP contribution in [0.5, 0.6) is 0 Å². The maximum absolute atomic E-state index is 11.2. The minimum Gasteiger partial charge on any atom is -0.382 e. The van der Waals surface area contributed by atoms with E-state index in [0.717, 1.165) is 10.9 Å². The van der Waals surface area contributed by atoms with E-state index in [1.807, 2.05) is 12.1 Å². The van der Waals surface area contributed by atoms with E-state index in [0.29, 0.717) is 33.1 Å². The third-order valence-corrected chi connectivity index (χ3v) is 4.70. The topological polar surface area (TPSA) is 196 Å². The van der Waals surface area contributed by atoms with Crippen molar-refractivity contribution >= 4 is 51.6 Å². The lowest BCUT2D eigenvalue weighted by atomic mass is 10.1. The van der Waals surface area contributed by atoms with Crippen molar-refractivity contribution in [3.05, 3.63) is 83.8 Å². The molecule has 172 valence electrons. The van der Waals surface area contributed by atoms with Gasteiger partial charge in [0, 0.05) is 35.3 Å². The molecule has 1 aromatic carbocycles. The number of aromatic amines is 1. The number of benzene rings is 1. The number of hydrogen-bond acceptors (Lipinski definition) is 9. The van der Waals surface area contributed by atoms with Crippen molar-refractivity contribution in [1.82, 2.24) is 29.9 Å². The van der Waals surface area contributed by atoms with Crippen molar-refractivity contribution in [2.75, 3.05) is 5.73 Å². The zero-order valence-electron chi connectivity index (χ0n) is 18.0. The van der Waals surface area contributed by atoms with Gasteiger partial charge in [-0.15, -0.1) is 0 Å². The lowest BCUT2D eigenvalue weighted by molar-refractivity contribution is -0.132. The van der Waals surface area contributed by atoms with Gasteiger partial charge in [-0.2, -0.15) is 0 Å². The fraction of sp³-hybridized carbons (Fsp3) is 0. The van der Waals surface area contributed by atoms with E-state index in [1.54, 1.807) is 36.7 Å². The Morgan fingerprint density at radius 3 is 2.49 bits per heavy atom. The molecule has 0 fully saturated rings. The van der Waals surface area contributed by atoms with Crippen molar-refractivity contribution in [2.24, 2.45) is 10.7 Å². The summed E-state index contributed by atoms with van der Waals surface area (Å²) in [5.74, 6) is -1.30. The van der Waals surface area contributed by atoms with Gasteiger partial charge in [0.15, 0.2) is 11.5 Å². The number of ketones is 1. The summed E-state index contributed by atoms with van der Waals surface area (Å²) in [6.07, 6.45) is 8.94. The molecule has 6 rings (SSSR count). The summed E-state index contributed by atoms with van der Waals surface area (Å²) in [5, 5.41) is 2.00. The van der Waals surface area contributed by atoms with Crippen LogP contribution in [0.25, 0.3) is 28.1 Å². The van der Waals surface area contributed by atoms with E-state index < -0.39 is 17.6 Å². The molecule has 0 bridgehead atoms. The number of aromatic nitrogens is 6. The van der Waals surface area contributed by atoms with E-state index >= 15 is 0 Å². The van der Waals surface area contributed by atoms with E-state index in [1.165, 1.54) is 24.9 Å². The molecular formula is C23H17N9O3. The highest BCUT2D eigenvalue weighted by Gasteiger charge is 2.14. The van der Waals surface area contributed by atoms with Gasteiger partial charge in [0.2, 0.25) is 11.7 Å². The van der Waals surface area contributed by atoms with Crippen molar-refractivity contribution in [1.29, 1.82) is 0 Å². The molecule has 0 radical (unpaired) electrons. The summed E-state index contributed by atoms with van der Waals surface area (Å²) >= 11 is 0. The SMILES string of the molecule is NC(=O)c1cccnc1.Nc1ncnc2nc[nH]c12.O=C1C=c2ccc3ncccc3c2=NC1=O. The molecule has 0 unspecified atom stereocenters. The Hall–Kier alpha value is -5.39. The number of nitrogen functional groups attached to an aromatic ring is 1. The van der Waals surface area contributed by atoms with E-state index in [2.05, 4.69) is 34.9 Å². The summed E-state index contributed by atoms with van der Waals surface area (Å²) in [5.41, 5.74) is 12.9. The third-order valence-electron chi connectivity index (χ3n) is 4.70. The molecule has 5 heterocycles. The van der Waals surface area contributed by atoms with Crippen LogP contribution in [-0.4, -0.2) is 47.5 Å². The number of nitrogens with zero attached hydrogens (tertiary/aromatic N) is 6. The maximum atomic E-state index is 11.2. The minimum atomic E-state index is -0.719. The van der Waals surface area contributed by atoms with Gasteiger partial charge in [-0.05, 0) is 30.3 Å². The molecule has 0 saturated heterocycles. The Kier molecular flexibility index (Phi) is 6.54. The molecule has 0 aliphatic carbocycles. The Morgan fingerprint density at radius 1 is 0.943 bits per heavy atom. The number of Topliss-reactive ketones (excluding diaryl/α,β-unsaturated/α-hetero) is 1. The van der Waals surface area contributed by atoms with Crippen LogP contribution in [0.2, 0.25) is 0 Å². The van der Waals surface area contributed by atoms with Gasteiger partial charge in [-0.25, -0.2) is 19.9 Å². The lowest BCUT2D eigenvalue weighted by Crippen LogP contribution is -2.34. The van der Waals surface area contributed by atoms with Crippen molar-refractivity contribution < 1.29 is 14.4 Å². The quantitative estimate of drug-likeness (QED) is 0.281. The second kappa shape index (κ2) is 10.0. The van der Waals surface area contributed by atoms with Crippen molar-refractivity contribution in [3.8, 4) is 0 Å². The van der Waals surface area contributed by atoms with Crippen LogP contribution in [-0.2, 0) is 9.59 Å². The molecule has 0 atom stereocenters. The van der Waals surface area contributed by atoms with E-state index in [9.17, 15) is 14.4 Å². The summed E-state index contributed by atoms with van der Waals surface area (Å²) in [7, 11) is 0. The Balaban J connectivity index is 0.000000132. The first-order chi connectivity index (χ1) is 16.9. The van der Waals surface area contributed by atoms with Crippen LogP contribution in [0.1, 0.15) is 10.4 Å². The van der Waals surface area contributed by atoms with Crippen LogP contribution in [0.3, 0.4) is 0 Å². The number of hydrogen-bond donors (Lipinski definition) is 3. The van der Waals surface area contributed by atoms with E-state index in [-0.39, 0.29) is 0 Å². The maximum Gasteiger partial charge on any atom is 0.318 e. The monoisotopic (exact) mass is 467 g/mol. The second-order valence-electron chi connectivity index (χ2n) is 6.97. The zero-order valence-corrected chi connectivity index (χ0v) is 18.0. The molecule has 35 heavy (non-hydrogen) atoms. The number of rotatable bonds is 1. The standard InChI is InChI=1S/C12H6N2O2.C6H6N2O.C5H5N5/c15-10-6-7-3-4-9-8(2-1-5-13-9)11(7)14-12(10)16;7-6(9)5-2-1-3-8-4-5;6-4-3-5(9-1-7-3)10-2-8-4/h1-6H;1-4H,(H2,7,9);1-2H,(H3,6,7,8,9,10). The molecule has 12 nitrogen and oxygen atoms in total. The third kappa shape index (κ3) is 5.17. The van der Waals surface area contributed by atoms with Gasteiger partial charge in [0.05, 0.1) is 22.8 Å². The molecule has 0 spiro atoms. The van der Waals surface area contributed by atoms with Crippen molar-refractivity contribution in [2.45, 2.75) is 0 Å². The Bertz CT molecular complexity index is 1680.